The standard InChI is InChI=1S/C73H136O6/c1-4-7-10-13-16-19-22-25-28-31-34-36-38-39-42-45-48-51-54-57-60-63-66-72(75)78-69-70(68-77-71(74)65-62-59-56-53-50-47-44-41-33-30-27-24-21-18-15-12-9-6-3)79-73(76)67-64-61-58-55-52-49-46-43-40-37-35-32-29-26-23-20-17-14-11-8-5-2/h21,24,30,32-33,35,70H,4-20,22-23,25-29,31,34,36-69H2,1-3H3/b24-21-,33-30-,35-32-. The molecule has 6 nitrogen and oxygen atoms in total. The van der Waals surface area contributed by atoms with E-state index in [1.165, 1.54) is 283 Å². The first kappa shape index (κ1) is 76.6. The molecule has 0 aliphatic rings. The van der Waals surface area contributed by atoms with Crippen LogP contribution in [0.15, 0.2) is 36.5 Å². The third-order valence-corrected chi connectivity index (χ3v) is 16.1. The molecule has 0 saturated carbocycles. The first-order valence-electron chi connectivity index (χ1n) is 35.5. The highest BCUT2D eigenvalue weighted by Crippen LogP contribution is 2.18. The Bertz CT molecular complexity index is 1320. The second kappa shape index (κ2) is 68.1. The van der Waals surface area contributed by atoms with E-state index in [9.17, 15) is 14.4 Å². The van der Waals surface area contributed by atoms with Gasteiger partial charge in [-0.1, -0.05) is 333 Å². The molecule has 1 unspecified atom stereocenters. The summed E-state index contributed by atoms with van der Waals surface area (Å²) in [4.78, 5) is 38.5. The minimum atomic E-state index is -0.776. The van der Waals surface area contributed by atoms with Gasteiger partial charge in [-0.05, 0) is 77.0 Å². The summed E-state index contributed by atoms with van der Waals surface area (Å²) in [5.74, 6) is -0.851. The Hall–Kier alpha value is -2.37. The fourth-order valence-corrected chi connectivity index (χ4v) is 10.8. The van der Waals surface area contributed by atoms with Gasteiger partial charge in [0.05, 0.1) is 0 Å². The van der Waals surface area contributed by atoms with E-state index in [2.05, 4.69) is 57.2 Å². The smallest absolute Gasteiger partial charge is 0.306 e. The second-order valence-corrected chi connectivity index (χ2v) is 24.1. The average molecular weight is 1110 g/mol. The summed E-state index contributed by atoms with van der Waals surface area (Å²) in [6.07, 6.45) is 84.5. The van der Waals surface area contributed by atoms with Crippen molar-refractivity contribution in [1.29, 1.82) is 0 Å². The summed E-state index contributed by atoms with van der Waals surface area (Å²) in [7, 11) is 0. The van der Waals surface area contributed by atoms with Crippen molar-refractivity contribution in [2.24, 2.45) is 0 Å². The van der Waals surface area contributed by atoms with Gasteiger partial charge in [0.15, 0.2) is 6.10 Å². The van der Waals surface area contributed by atoms with Crippen molar-refractivity contribution in [1.82, 2.24) is 0 Å². The molecule has 0 bridgehead atoms. The number of allylic oxidation sites excluding steroid dienone is 6. The van der Waals surface area contributed by atoms with E-state index >= 15 is 0 Å². The topological polar surface area (TPSA) is 78.9 Å². The highest BCUT2D eigenvalue weighted by atomic mass is 16.6. The molecule has 0 radical (unpaired) electrons. The number of hydrogen-bond acceptors (Lipinski definition) is 6. The number of ether oxygens (including phenoxy) is 3. The summed E-state index contributed by atoms with van der Waals surface area (Å²) in [6.45, 7) is 6.70. The van der Waals surface area contributed by atoms with E-state index in [0.717, 1.165) is 70.6 Å². The summed E-state index contributed by atoms with van der Waals surface area (Å²) in [5, 5.41) is 0. The predicted octanol–water partition coefficient (Wildman–Crippen LogP) is 24.3. The minimum absolute atomic E-state index is 0.0706. The SMILES string of the molecule is CCCCCC/C=C\C/C=C\CCCCCCCCCC(=O)OCC(COC(=O)CCCCCCCCCCCCCCCCCCCCCCCC)OC(=O)CCCCCCCCCCC/C=C\CCCCCCCCCC. The highest BCUT2D eigenvalue weighted by molar-refractivity contribution is 5.71. The predicted molar refractivity (Wildman–Crippen MR) is 344 cm³/mol. The van der Waals surface area contributed by atoms with Crippen LogP contribution >= 0.6 is 0 Å². The Morgan fingerprint density at radius 1 is 0.253 bits per heavy atom. The zero-order valence-corrected chi connectivity index (χ0v) is 53.4. The molecule has 0 rings (SSSR count). The van der Waals surface area contributed by atoms with Crippen LogP contribution in [0, 0.1) is 0 Å². The van der Waals surface area contributed by atoms with Crippen molar-refractivity contribution in [3.05, 3.63) is 36.5 Å². The molecule has 0 aliphatic carbocycles. The molecule has 1 atom stereocenters. The van der Waals surface area contributed by atoms with Gasteiger partial charge in [0.2, 0.25) is 0 Å². The summed E-state index contributed by atoms with van der Waals surface area (Å²) in [5.41, 5.74) is 0. The van der Waals surface area contributed by atoms with Gasteiger partial charge in [-0.15, -0.1) is 0 Å². The van der Waals surface area contributed by atoms with E-state index < -0.39 is 6.10 Å². The summed E-state index contributed by atoms with van der Waals surface area (Å²) < 4.78 is 17.0. The lowest BCUT2D eigenvalue weighted by molar-refractivity contribution is -0.167. The van der Waals surface area contributed by atoms with Crippen LogP contribution in [0.3, 0.4) is 0 Å². The second-order valence-electron chi connectivity index (χ2n) is 24.1. The number of rotatable bonds is 66. The monoisotopic (exact) mass is 1110 g/mol. The molecule has 0 saturated heterocycles. The van der Waals surface area contributed by atoms with Crippen molar-refractivity contribution in [3.8, 4) is 0 Å². The molecule has 0 aliphatic heterocycles. The van der Waals surface area contributed by atoms with Gasteiger partial charge >= 0.3 is 17.9 Å². The third kappa shape index (κ3) is 66.3. The maximum Gasteiger partial charge on any atom is 0.306 e. The quantitative estimate of drug-likeness (QED) is 0.0261. The van der Waals surface area contributed by atoms with Crippen LogP contribution in [0.2, 0.25) is 0 Å². The number of hydrogen-bond donors (Lipinski definition) is 0. The lowest BCUT2D eigenvalue weighted by Gasteiger charge is -2.18. The number of carbonyl (C=O) groups excluding carboxylic acids is 3. The molecule has 79 heavy (non-hydrogen) atoms. The van der Waals surface area contributed by atoms with Gasteiger partial charge in [0.1, 0.15) is 13.2 Å². The van der Waals surface area contributed by atoms with Crippen LogP contribution in [0.1, 0.15) is 393 Å². The molecule has 0 aromatic rings. The normalized spacial score (nSPS) is 12.2. The average Bonchev–Trinajstić information content (AvgIpc) is 3.45. The van der Waals surface area contributed by atoms with Gasteiger partial charge in [-0.2, -0.15) is 0 Å². The first-order chi connectivity index (χ1) is 39.0. The summed E-state index contributed by atoms with van der Waals surface area (Å²) in [6, 6.07) is 0. The van der Waals surface area contributed by atoms with E-state index in [1.54, 1.807) is 0 Å². The van der Waals surface area contributed by atoms with Crippen molar-refractivity contribution in [2.75, 3.05) is 13.2 Å². The first-order valence-corrected chi connectivity index (χ1v) is 35.5. The Balaban J connectivity index is 4.32. The fourth-order valence-electron chi connectivity index (χ4n) is 10.8. The van der Waals surface area contributed by atoms with Crippen LogP contribution in [0.25, 0.3) is 0 Å². The molecule has 0 spiro atoms. The summed E-state index contributed by atoms with van der Waals surface area (Å²) >= 11 is 0. The van der Waals surface area contributed by atoms with E-state index in [0.29, 0.717) is 19.3 Å². The highest BCUT2D eigenvalue weighted by Gasteiger charge is 2.19. The van der Waals surface area contributed by atoms with Crippen LogP contribution < -0.4 is 0 Å². The molecule has 0 amide bonds. The lowest BCUT2D eigenvalue weighted by Crippen LogP contribution is -2.30. The molecule has 0 aromatic heterocycles. The van der Waals surface area contributed by atoms with Crippen molar-refractivity contribution >= 4 is 17.9 Å². The van der Waals surface area contributed by atoms with Crippen molar-refractivity contribution < 1.29 is 28.6 Å². The van der Waals surface area contributed by atoms with Crippen LogP contribution in [-0.2, 0) is 28.6 Å². The van der Waals surface area contributed by atoms with E-state index in [4.69, 9.17) is 14.2 Å². The molecule has 0 aromatic carbocycles. The largest absolute Gasteiger partial charge is 0.462 e. The van der Waals surface area contributed by atoms with Crippen molar-refractivity contribution in [2.45, 2.75) is 399 Å². The van der Waals surface area contributed by atoms with Crippen LogP contribution in [0.4, 0.5) is 0 Å². The maximum atomic E-state index is 13.0. The van der Waals surface area contributed by atoms with Gasteiger partial charge in [-0.25, -0.2) is 0 Å². The fraction of sp³-hybridized carbons (Fsp3) is 0.877. The Kier molecular flexibility index (Phi) is 66.1. The number of esters is 3. The maximum absolute atomic E-state index is 13.0. The molecular weight excluding hydrogens is 973 g/mol. The third-order valence-electron chi connectivity index (χ3n) is 16.1. The van der Waals surface area contributed by atoms with Gasteiger partial charge in [-0.3, -0.25) is 14.4 Å². The molecule has 0 heterocycles. The van der Waals surface area contributed by atoms with Crippen LogP contribution in [0.5, 0.6) is 0 Å². The Labute approximate surface area is 493 Å². The minimum Gasteiger partial charge on any atom is -0.462 e. The molecule has 6 heteroatoms. The molecular formula is C73H136O6. The Morgan fingerprint density at radius 3 is 0.722 bits per heavy atom. The zero-order valence-electron chi connectivity index (χ0n) is 53.4. The van der Waals surface area contributed by atoms with E-state index in [-0.39, 0.29) is 31.1 Å². The van der Waals surface area contributed by atoms with Crippen LogP contribution in [-0.4, -0.2) is 37.2 Å². The van der Waals surface area contributed by atoms with Gasteiger partial charge < -0.3 is 14.2 Å². The molecule has 0 fully saturated rings. The molecule has 0 N–H and O–H groups in total. The van der Waals surface area contributed by atoms with Crippen molar-refractivity contribution in [3.63, 3.8) is 0 Å². The zero-order chi connectivity index (χ0) is 57.1. The Morgan fingerprint density at radius 2 is 0.456 bits per heavy atom. The van der Waals surface area contributed by atoms with E-state index in [1.807, 2.05) is 0 Å². The lowest BCUT2D eigenvalue weighted by atomic mass is 10.0. The molecule has 464 valence electrons. The van der Waals surface area contributed by atoms with Gasteiger partial charge in [0, 0.05) is 19.3 Å². The van der Waals surface area contributed by atoms with Gasteiger partial charge in [0.25, 0.3) is 0 Å². The number of carbonyl (C=O) groups is 3. The number of unbranched alkanes of at least 4 members (excludes halogenated alkanes) is 49.